The zero-order chi connectivity index (χ0) is 16.1. The predicted molar refractivity (Wildman–Crippen MR) is 100 cm³/mol. The van der Waals surface area contributed by atoms with Crippen LogP contribution in [0.2, 0.25) is 0 Å². The van der Waals surface area contributed by atoms with Crippen molar-refractivity contribution in [3.8, 4) is 0 Å². The van der Waals surface area contributed by atoms with Crippen molar-refractivity contribution in [3.63, 3.8) is 0 Å². The molecule has 2 aliphatic heterocycles. The Morgan fingerprint density at radius 2 is 1.83 bits per heavy atom. The molecule has 2 aliphatic rings. The number of benzene rings is 1. The molecule has 4 rings (SSSR count). The first-order valence-electron chi connectivity index (χ1n) is 8.92. The SMILES string of the molecule is CCN1CCN(CC)C2c3c(C)c4cc(Br)ccc4n3CCC21. The van der Waals surface area contributed by atoms with E-state index in [1.54, 1.807) is 5.69 Å². The quantitative estimate of drug-likeness (QED) is 0.779. The fourth-order valence-electron chi connectivity index (χ4n) is 4.85. The molecule has 0 N–H and O–H groups in total. The van der Waals surface area contributed by atoms with Crippen LogP contribution >= 0.6 is 15.9 Å². The molecule has 124 valence electrons. The molecule has 3 nitrogen and oxygen atoms in total. The summed E-state index contributed by atoms with van der Waals surface area (Å²) in [6.07, 6.45) is 1.27. The summed E-state index contributed by atoms with van der Waals surface area (Å²) in [5, 5.41) is 1.42. The molecular weight excluding hydrogens is 350 g/mol. The Kier molecular flexibility index (Phi) is 4.02. The van der Waals surface area contributed by atoms with Gasteiger partial charge in [0.25, 0.3) is 0 Å². The summed E-state index contributed by atoms with van der Waals surface area (Å²) in [5.74, 6) is 0. The third-order valence-corrected chi connectivity index (χ3v) is 6.46. The average molecular weight is 376 g/mol. The van der Waals surface area contributed by atoms with Crippen LogP contribution in [0.1, 0.15) is 37.6 Å². The maximum absolute atomic E-state index is 3.65. The van der Waals surface area contributed by atoms with E-state index in [0.717, 1.165) is 13.1 Å². The van der Waals surface area contributed by atoms with Crippen molar-refractivity contribution < 1.29 is 0 Å². The van der Waals surface area contributed by atoms with Gasteiger partial charge >= 0.3 is 0 Å². The van der Waals surface area contributed by atoms with Crippen molar-refractivity contribution in [1.82, 2.24) is 14.4 Å². The second-order valence-electron chi connectivity index (χ2n) is 6.88. The van der Waals surface area contributed by atoms with Gasteiger partial charge in [0.15, 0.2) is 0 Å². The highest BCUT2D eigenvalue weighted by atomic mass is 79.9. The first-order chi connectivity index (χ1) is 11.2. The number of hydrogen-bond donors (Lipinski definition) is 0. The number of aromatic nitrogens is 1. The smallest absolute Gasteiger partial charge is 0.0661 e. The maximum atomic E-state index is 3.65. The molecule has 1 aromatic carbocycles. The molecule has 23 heavy (non-hydrogen) atoms. The van der Waals surface area contributed by atoms with Gasteiger partial charge in [-0.1, -0.05) is 29.8 Å². The number of hydrogen-bond acceptors (Lipinski definition) is 2. The number of aryl methyl sites for hydroxylation is 2. The second-order valence-corrected chi connectivity index (χ2v) is 7.80. The zero-order valence-corrected chi connectivity index (χ0v) is 15.9. The molecule has 0 saturated carbocycles. The molecule has 0 aliphatic carbocycles. The van der Waals surface area contributed by atoms with Crippen LogP contribution in [0.25, 0.3) is 10.9 Å². The monoisotopic (exact) mass is 375 g/mol. The number of fused-ring (bicyclic) bond motifs is 5. The van der Waals surface area contributed by atoms with Crippen LogP contribution in [-0.2, 0) is 6.54 Å². The number of halogens is 1. The lowest BCUT2D eigenvalue weighted by Gasteiger charge is -2.50. The summed E-state index contributed by atoms with van der Waals surface area (Å²) in [6.45, 7) is 12.8. The average Bonchev–Trinajstić information content (AvgIpc) is 2.86. The highest BCUT2D eigenvalue weighted by molar-refractivity contribution is 9.10. The van der Waals surface area contributed by atoms with E-state index >= 15 is 0 Å². The third-order valence-electron chi connectivity index (χ3n) is 5.97. The van der Waals surface area contributed by atoms with Gasteiger partial charge in [0.1, 0.15) is 0 Å². The van der Waals surface area contributed by atoms with Crippen LogP contribution in [-0.4, -0.2) is 46.6 Å². The van der Waals surface area contributed by atoms with E-state index in [-0.39, 0.29) is 0 Å². The second kappa shape index (κ2) is 5.91. The van der Waals surface area contributed by atoms with E-state index in [0.29, 0.717) is 12.1 Å². The number of rotatable bonds is 2. The Morgan fingerprint density at radius 3 is 2.57 bits per heavy atom. The number of piperazine rings is 1. The van der Waals surface area contributed by atoms with Crippen molar-refractivity contribution in [2.45, 2.75) is 45.8 Å². The number of nitrogens with zero attached hydrogens (tertiary/aromatic N) is 3. The molecule has 0 spiro atoms. The van der Waals surface area contributed by atoms with Gasteiger partial charge in [-0.2, -0.15) is 0 Å². The molecule has 0 radical (unpaired) electrons. The van der Waals surface area contributed by atoms with Crippen molar-refractivity contribution in [1.29, 1.82) is 0 Å². The molecule has 1 fully saturated rings. The summed E-state index contributed by atoms with van der Waals surface area (Å²) in [7, 11) is 0. The lowest BCUT2D eigenvalue weighted by molar-refractivity contribution is 0.00431. The maximum Gasteiger partial charge on any atom is 0.0661 e. The highest BCUT2D eigenvalue weighted by Crippen LogP contribution is 2.42. The normalized spacial score (nSPS) is 25.6. The molecule has 3 heterocycles. The van der Waals surface area contributed by atoms with Gasteiger partial charge in [-0.15, -0.1) is 0 Å². The van der Waals surface area contributed by atoms with Gasteiger partial charge in [-0.3, -0.25) is 9.80 Å². The van der Waals surface area contributed by atoms with E-state index in [2.05, 4.69) is 69.3 Å². The minimum atomic E-state index is 0.550. The Morgan fingerprint density at radius 1 is 1.09 bits per heavy atom. The van der Waals surface area contributed by atoms with Gasteiger partial charge in [-0.25, -0.2) is 0 Å². The zero-order valence-electron chi connectivity index (χ0n) is 14.3. The lowest BCUT2D eigenvalue weighted by atomic mass is 9.90. The summed E-state index contributed by atoms with van der Waals surface area (Å²) in [5.41, 5.74) is 4.45. The molecule has 0 amide bonds. The van der Waals surface area contributed by atoms with Crippen LogP contribution in [0, 0.1) is 6.92 Å². The summed E-state index contributed by atoms with van der Waals surface area (Å²) in [6, 6.07) is 7.98. The molecule has 4 heteroatoms. The van der Waals surface area contributed by atoms with Crippen molar-refractivity contribution in [2.24, 2.45) is 0 Å². The first-order valence-corrected chi connectivity index (χ1v) is 9.71. The Balaban J connectivity index is 1.91. The lowest BCUT2D eigenvalue weighted by Crippen LogP contribution is -2.57. The van der Waals surface area contributed by atoms with E-state index in [9.17, 15) is 0 Å². The topological polar surface area (TPSA) is 11.4 Å². The van der Waals surface area contributed by atoms with Gasteiger partial charge in [0, 0.05) is 46.7 Å². The van der Waals surface area contributed by atoms with Crippen molar-refractivity contribution in [2.75, 3.05) is 26.2 Å². The fourth-order valence-corrected chi connectivity index (χ4v) is 5.21. The van der Waals surface area contributed by atoms with Gasteiger partial charge in [0.05, 0.1) is 6.04 Å². The summed E-state index contributed by atoms with van der Waals surface area (Å²) < 4.78 is 3.78. The summed E-state index contributed by atoms with van der Waals surface area (Å²) >= 11 is 3.65. The minimum absolute atomic E-state index is 0.550. The Bertz CT molecular complexity index is 736. The van der Waals surface area contributed by atoms with Gasteiger partial charge < -0.3 is 4.57 Å². The van der Waals surface area contributed by atoms with Gasteiger partial charge in [-0.05, 0) is 50.2 Å². The van der Waals surface area contributed by atoms with Crippen LogP contribution < -0.4 is 0 Å². The van der Waals surface area contributed by atoms with E-state index < -0.39 is 0 Å². The molecule has 2 atom stereocenters. The van der Waals surface area contributed by atoms with E-state index in [1.807, 2.05) is 0 Å². The molecule has 1 saturated heterocycles. The van der Waals surface area contributed by atoms with Crippen LogP contribution in [0.5, 0.6) is 0 Å². The van der Waals surface area contributed by atoms with Crippen LogP contribution in [0.3, 0.4) is 0 Å². The third kappa shape index (κ3) is 2.30. The molecule has 2 aromatic rings. The molecule has 2 unspecified atom stereocenters. The number of likely N-dealkylation sites (N-methyl/N-ethyl adjacent to an activating group) is 2. The Hall–Kier alpha value is -0.840. The molecule has 1 aromatic heterocycles. The standard InChI is InChI=1S/C19H26BrN3/c1-4-21-10-11-22(5-2)19-17(21)8-9-23-16-7-6-14(20)12-15(16)13(3)18(19)23/h6-7,12,17,19H,4-5,8-11H2,1-3H3. The van der Waals surface area contributed by atoms with Crippen LogP contribution in [0.4, 0.5) is 0 Å². The largest absolute Gasteiger partial charge is 0.343 e. The summed E-state index contributed by atoms with van der Waals surface area (Å²) in [4.78, 5) is 5.40. The first kappa shape index (κ1) is 15.7. The molecular formula is C19H26BrN3. The van der Waals surface area contributed by atoms with Crippen molar-refractivity contribution in [3.05, 3.63) is 33.9 Å². The fraction of sp³-hybridized carbons (Fsp3) is 0.579. The van der Waals surface area contributed by atoms with E-state index in [4.69, 9.17) is 0 Å². The van der Waals surface area contributed by atoms with Crippen LogP contribution in [0.15, 0.2) is 22.7 Å². The highest BCUT2D eigenvalue weighted by Gasteiger charge is 2.41. The molecule has 0 bridgehead atoms. The van der Waals surface area contributed by atoms with E-state index in [1.165, 1.54) is 47.0 Å². The minimum Gasteiger partial charge on any atom is -0.343 e. The van der Waals surface area contributed by atoms with Gasteiger partial charge in [0.2, 0.25) is 0 Å². The predicted octanol–water partition coefficient (Wildman–Crippen LogP) is 4.18. The van der Waals surface area contributed by atoms with Crippen molar-refractivity contribution >= 4 is 26.8 Å². The Labute approximate surface area is 147 Å².